The van der Waals surface area contributed by atoms with Crippen LogP contribution in [-0.4, -0.2) is 65.4 Å². The average molecular weight is 484 g/mol. The third kappa shape index (κ3) is 3.12. The molecule has 7 heteroatoms. The van der Waals surface area contributed by atoms with Crippen LogP contribution < -0.4 is 10.2 Å². The van der Waals surface area contributed by atoms with E-state index in [9.17, 15) is 9.59 Å². The Kier molecular flexibility index (Phi) is 5.18. The lowest BCUT2D eigenvalue weighted by Crippen LogP contribution is -2.57. The van der Waals surface area contributed by atoms with Crippen molar-refractivity contribution in [2.75, 3.05) is 37.6 Å². The largest absolute Gasteiger partial charge is 0.361 e. The van der Waals surface area contributed by atoms with Gasteiger partial charge in [-0.3, -0.25) is 19.4 Å². The Bertz CT molecular complexity index is 1330. The van der Waals surface area contributed by atoms with Gasteiger partial charge < -0.3 is 15.2 Å². The van der Waals surface area contributed by atoms with Crippen molar-refractivity contribution in [2.24, 2.45) is 5.92 Å². The number of benzene rings is 2. The minimum atomic E-state index is -0.859. The van der Waals surface area contributed by atoms with Crippen LogP contribution in [0.2, 0.25) is 0 Å². The molecule has 0 radical (unpaired) electrons. The number of hydrogen-bond acceptors (Lipinski definition) is 4. The summed E-state index contributed by atoms with van der Waals surface area (Å²) in [6.45, 7) is 4.61. The number of para-hydroxylation sites is 2. The van der Waals surface area contributed by atoms with Crippen LogP contribution in [0.3, 0.4) is 0 Å². The Morgan fingerprint density at radius 1 is 0.944 bits per heavy atom. The first-order valence-electron chi connectivity index (χ1n) is 13.4. The fourth-order valence-electron chi connectivity index (χ4n) is 7.45. The summed E-state index contributed by atoms with van der Waals surface area (Å²) in [5.74, 6) is -0.194. The van der Waals surface area contributed by atoms with Crippen molar-refractivity contribution < 1.29 is 9.59 Å². The number of aromatic amines is 1. The summed E-state index contributed by atoms with van der Waals surface area (Å²) in [6, 6.07) is 17.0. The van der Waals surface area contributed by atoms with Crippen molar-refractivity contribution in [3.05, 3.63) is 65.9 Å². The molecule has 2 bridgehead atoms. The minimum absolute atomic E-state index is 0.0395. The molecule has 7 nitrogen and oxygen atoms in total. The molecule has 2 amide bonds. The number of aromatic nitrogens is 1. The van der Waals surface area contributed by atoms with E-state index in [0.29, 0.717) is 19.1 Å². The van der Waals surface area contributed by atoms with Crippen molar-refractivity contribution in [3.63, 3.8) is 0 Å². The Balaban J connectivity index is 1.26. The first-order chi connectivity index (χ1) is 17.7. The molecule has 1 spiro atoms. The molecular formula is C29H33N5O2. The molecule has 4 aliphatic heterocycles. The molecule has 2 aromatic carbocycles. The highest BCUT2D eigenvalue weighted by Gasteiger charge is 2.67. The number of nitrogens with zero attached hydrogens (tertiary/aromatic N) is 3. The van der Waals surface area contributed by atoms with E-state index in [2.05, 4.69) is 56.5 Å². The maximum Gasteiger partial charge on any atom is 0.253 e. The number of fused-ring (bicyclic) bond motifs is 5. The van der Waals surface area contributed by atoms with Gasteiger partial charge in [-0.15, -0.1) is 0 Å². The maximum atomic E-state index is 14.5. The predicted molar refractivity (Wildman–Crippen MR) is 140 cm³/mol. The number of amides is 2. The van der Waals surface area contributed by atoms with Gasteiger partial charge in [0, 0.05) is 61.7 Å². The summed E-state index contributed by atoms with van der Waals surface area (Å²) >= 11 is 0. The third-order valence-corrected chi connectivity index (χ3v) is 8.99. The zero-order valence-corrected chi connectivity index (χ0v) is 20.6. The predicted octanol–water partition coefficient (Wildman–Crippen LogP) is 3.22. The van der Waals surface area contributed by atoms with Crippen LogP contribution in [0.4, 0.5) is 5.69 Å². The van der Waals surface area contributed by atoms with Gasteiger partial charge in [-0.2, -0.15) is 0 Å². The minimum Gasteiger partial charge on any atom is -0.361 e. The number of rotatable bonds is 2. The van der Waals surface area contributed by atoms with Gasteiger partial charge in [0.15, 0.2) is 0 Å². The van der Waals surface area contributed by atoms with Crippen molar-refractivity contribution in [3.8, 4) is 0 Å². The standard InChI is InChI=1S/C29H33N5O2/c35-27-24-18-22-8-4-15-34(22)29(24)23-9-1-2-10-25(23)33(28(29)36)17-16-32(14-5-12-31-27)19-21-7-3-6-20-11-13-30-26(20)21/h1-3,6-7,9-11,13,22,24,30H,4-5,8,12,14-19H2,(H,31,35)/t22-,24-,29+/m0/s1. The summed E-state index contributed by atoms with van der Waals surface area (Å²) < 4.78 is 0. The lowest BCUT2D eigenvalue weighted by Gasteiger charge is -2.38. The highest BCUT2D eigenvalue weighted by molar-refractivity contribution is 6.11. The molecule has 186 valence electrons. The first-order valence-corrected chi connectivity index (χ1v) is 13.4. The molecule has 2 N–H and O–H groups in total. The van der Waals surface area contributed by atoms with Gasteiger partial charge >= 0.3 is 0 Å². The zero-order valence-electron chi connectivity index (χ0n) is 20.6. The van der Waals surface area contributed by atoms with E-state index in [1.807, 2.05) is 23.2 Å². The highest BCUT2D eigenvalue weighted by atomic mass is 16.2. The molecule has 36 heavy (non-hydrogen) atoms. The average Bonchev–Trinajstić information content (AvgIpc) is 3.65. The van der Waals surface area contributed by atoms with Crippen LogP contribution in [0.15, 0.2) is 54.7 Å². The van der Waals surface area contributed by atoms with Gasteiger partial charge in [-0.25, -0.2) is 0 Å². The topological polar surface area (TPSA) is 71.7 Å². The lowest BCUT2D eigenvalue weighted by atomic mass is 9.78. The Labute approximate surface area is 211 Å². The zero-order chi connectivity index (χ0) is 24.3. The van der Waals surface area contributed by atoms with E-state index in [-0.39, 0.29) is 17.7 Å². The summed E-state index contributed by atoms with van der Waals surface area (Å²) in [6.07, 6.45) is 5.81. The molecule has 4 aliphatic rings. The van der Waals surface area contributed by atoms with Crippen molar-refractivity contribution in [2.45, 2.75) is 43.8 Å². The molecule has 7 rings (SSSR count). The number of carbonyl (C=O) groups is 2. The molecule has 3 aromatic rings. The van der Waals surface area contributed by atoms with Gasteiger partial charge in [-0.05, 0) is 55.3 Å². The van der Waals surface area contributed by atoms with Crippen LogP contribution in [-0.2, 0) is 21.7 Å². The van der Waals surface area contributed by atoms with Crippen molar-refractivity contribution >= 4 is 28.4 Å². The lowest BCUT2D eigenvalue weighted by molar-refractivity contribution is -0.139. The summed E-state index contributed by atoms with van der Waals surface area (Å²) in [5, 5.41) is 4.45. The number of H-pyrrole nitrogens is 1. The number of hydrogen-bond donors (Lipinski definition) is 2. The molecule has 1 aromatic heterocycles. The van der Waals surface area contributed by atoms with E-state index in [0.717, 1.165) is 63.1 Å². The molecule has 5 heterocycles. The van der Waals surface area contributed by atoms with Gasteiger partial charge in [0.05, 0.1) is 5.92 Å². The maximum absolute atomic E-state index is 14.5. The SMILES string of the molecule is O=C1NCCCN(Cc2cccc3cc[nH]c23)CCN2C(=O)[C@@]3(c4ccccc42)[C@H]1C[C@@H]1CCCN13. The number of carbonyl (C=O) groups excluding carboxylic acids is 2. The normalized spacial score (nSPS) is 28.9. The van der Waals surface area contributed by atoms with Crippen LogP contribution in [0, 0.1) is 5.92 Å². The second-order valence-corrected chi connectivity index (χ2v) is 10.8. The van der Waals surface area contributed by atoms with Crippen LogP contribution in [0.1, 0.15) is 36.8 Å². The molecule has 3 atom stereocenters. The highest BCUT2D eigenvalue weighted by Crippen LogP contribution is 2.57. The van der Waals surface area contributed by atoms with Crippen LogP contribution in [0.25, 0.3) is 10.9 Å². The molecule has 0 aliphatic carbocycles. The molecule has 0 saturated carbocycles. The van der Waals surface area contributed by atoms with E-state index in [1.54, 1.807) is 0 Å². The van der Waals surface area contributed by atoms with Gasteiger partial charge in [-0.1, -0.05) is 36.4 Å². The quantitative estimate of drug-likeness (QED) is 0.587. The Morgan fingerprint density at radius 3 is 2.81 bits per heavy atom. The molecular weight excluding hydrogens is 450 g/mol. The second-order valence-electron chi connectivity index (χ2n) is 10.8. The van der Waals surface area contributed by atoms with Crippen molar-refractivity contribution in [1.29, 1.82) is 0 Å². The smallest absolute Gasteiger partial charge is 0.253 e. The Hall–Kier alpha value is -3.16. The van der Waals surface area contributed by atoms with E-state index in [1.165, 1.54) is 16.5 Å². The monoisotopic (exact) mass is 483 g/mol. The van der Waals surface area contributed by atoms with Gasteiger partial charge in [0.25, 0.3) is 5.91 Å². The molecule has 0 unspecified atom stereocenters. The fraction of sp³-hybridized carbons (Fsp3) is 0.448. The second kappa shape index (κ2) is 8.46. The summed E-state index contributed by atoms with van der Waals surface area (Å²) in [7, 11) is 0. The molecule has 3 saturated heterocycles. The Morgan fingerprint density at radius 2 is 1.86 bits per heavy atom. The van der Waals surface area contributed by atoms with Crippen LogP contribution >= 0.6 is 0 Å². The fourth-order valence-corrected chi connectivity index (χ4v) is 7.45. The first kappa shape index (κ1) is 22.1. The van der Waals surface area contributed by atoms with Gasteiger partial charge in [0.1, 0.15) is 5.54 Å². The van der Waals surface area contributed by atoms with Crippen molar-refractivity contribution in [1.82, 2.24) is 20.1 Å². The van der Waals surface area contributed by atoms with E-state index < -0.39 is 5.54 Å². The van der Waals surface area contributed by atoms with Crippen LogP contribution in [0.5, 0.6) is 0 Å². The summed E-state index contributed by atoms with van der Waals surface area (Å²) in [4.78, 5) is 38.3. The summed E-state index contributed by atoms with van der Waals surface area (Å²) in [5.41, 5.74) is 3.59. The third-order valence-electron chi connectivity index (χ3n) is 8.99. The molecule has 3 fully saturated rings. The number of anilines is 1. The van der Waals surface area contributed by atoms with E-state index >= 15 is 0 Å². The number of nitrogens with one attached hydrogen (secondary N) is 2. The van der Waals surface area contributed by atoms with Gasteiger partial charge in [0.2, 0.25) is 5.91 Å². The van der Waals surface area contributed by atoms with E-state index in [4.69, 9.17) is 0 Å².